The summed E-state index contributed by atoms with van der Waals surface area (Å²) in [4.78, 5) is 4.81. The number of nitriles is 1. The van der Waals surface area contributed by atoms with Gasteiger partial charge in [-0.2, -0.15) is 5.26 Å². The first-order chi connectivity index (χ1) is 39.9. The molecule has 13 rings (SSSR count). The molecule has 0 amide bonds. The summed E-state index contributed by atoms with van der Waals surface area (Å²) in [7, 11) is 0. The summed E-state index contributed by atoms with van der Waals surface area (Å²) in [5.41, 5.74) is 6.75. The molecule has 9 aromatic carbocycles. The molecule has 352 valence electrons. The zero-order valence-electron chi connectivity index (χ0n) is 49.3. The second kappa shape index (κ2) is 17.5. The van der Waals surface area contributed by atoms with Crippen LogP contribution in [0.2, 0.25) is 0 Å². The van der Waals surface area contributed by atoms with Crippen LogP contribution in [0.15, 0.2) is 212 Å². The molecule has 0 saturated heterocycles. The van der Waals surface area contributed by atoms with Gasteiger partial charge in [0.15, 0.2) is 0 Å². The Kier molecular flexibility index (Phi) is 8.26. The first-order valence-corrected chi connectivity index (χ1v) is 24.6. The third-order valence-electron chi connectivity index (χ3n) is 13.2. The van der Waals surface area contributed by atoms with Crippen LogP contribution >= 0.6 is 0 Å². The number of pyridine rings is 1. The molecular weight excluding hydrogens is 1080 g/mol. The molecule has 0 aliphatic heterocycles. The first kappa shape index (κ1) is 34.5. The number of hydrogen-bond acceptors (Lipinski definition) is 3. The SMILES string of the molecule is [2H]c1c([2H])c([2H])c(-c2cc(-n3c4ccccc4c4ccccc43)cc(-c3c([2H])c([2H])c([2H])c([2H])c3[2H])c2-n2[c](=[Pt])n(-c3[c-]c(Oc4[c-]c5c(cc4)c4cc(C#N)ccc4n5-c4cc(C(C)(C)C)ccn4)ccc3)c3ccccc32)c([2H])c1[2H]. The maximum absolute atomic E-state index is 9.91. The van der Waals surface area contributed by atoms with Crippen molar-refractivity contribution in [2.24, 2.45) is 0 Å². The van der Waals surface area contributed by atoms with Crippen LogP contribution in [0.5, 0.6) is 11.5 Å². The number of fused-ring (bicyclic) bond motifs is 7. The van der Waals surface area contributed by atoms with Gasteiger partial charge in [-0.15, -0.1) is 0 Å². The van der Waals surface area contributed by atoms with Gasteiger partial charge in [0, 0.05) is 6.20 Å². The van der Waals surface area contributed by atoms with E-state index in [1.807, 2.05) is 134 Å². The van der Waals surface area contributed by atoms with Crippen LogP contribution in [-0.2, 0) is 24.8 Å². The minimum absolute atomic E-state index is 0.128. The fourth-order valence-electron chi connectivity index (χ4n) is 9.94. The molecule has 4 heterocycles. The van der Waals surface area contributed by atoms with E-state index in [-0.39, 0.29) is 33.4 Å². The fraction of sp³-hybridized carbons (Fsp3) is 0.0615. The maximum atomic E-state index is 9.91. The molecule has 0 radical (unpaired) electrons. The van der Waals surface area contributed by atoms with Crippen LogP contribution in [0, 0.1) is 27.3 Å². The van der Waals surface area contributed by atoms with Crippen LogP contribution < -0.4 is 4.74 Å². The van der Waals surface area contributed by atoms with Crippen molar-refractivity contribution in [2.75, 3.05) is 0 Å². The van der Waals surface area contributed by atoms with E-state index in [1.165, 1.54) is 0 Å². The van der Waals surface area contributed by atoms with Crippen molar-refractivity contribution in [3.8, 4) is 62.7 Å². The topological polar surface area (TPSA) is 65.6 Å². The molecule has 0 unspecified atom stereocenters. The van der Waals surface area contributed by atoms with Gasteiger partial charge in [0.25, 0.3) is 0 Å². The average Bonchev–Trinajstić information content (AvgIpc) is 4.15. The Bertz CT molecular complexity index is 4860. The third-order valence-corrected chi connectivity index (χ3v) is 14.2. The molecule has 0 atom stereocenters. The second-order valence-corrected chi connectivity index (χ2v) is 19.6. The van der Waals surface area contributed by atoms with Gasteiger partial charge in [-0.1, -0.05) is 20.8 Å². The standard InChI is InChI=1S/C65H44N6O.Pt/c1-65(2,3)46-33-34-67-63(36-46)71-59-32-29-43(41-66)35-56(59)53-31-30-50(40-62(53)71)72-49-22-16-21-47(37-49)68-42-69(61-28-15-14-27-60(61)68)64-54(44-17-6-4-7-18-44)38-48(39-55(64)45-19-8-5-9-20-45)70-57-25-12-10-23-51(57)52-24-11-13-26-58(52)70;/h4-36,38-39H,1-3H3;/q-2;/i4D,5D,6D,7D,8D,9D,17D,18D,19D,20D;. The average molecular weight is 1130 g/mol. The van der Waals surface area contributed by atoms with Gasteiger partial charge in [0.05, 0.1) is 11.6 Å². The Labute approximate surface area is 447 Å². The second-order valence-electron chi connectivity index (χ2n) is 18.6. The number of hydrogen-bond donors (Lipinski definition) is 0. The van der Waals surface area contributed by atoms with Gasteiger partial charge >= 0.3 is 382 Å². The summed E-state index contributed by atoms with van der Waals surface area (Å²) in [6.45, 7) is 6.43. The number of para-hydroxylation sites is 4. The summed E-state index contributed by atoms with van der Waals surface area (Å²) >= 11 is 2.16. The Hall–Kier alpha value is -8.82. The molecular formula is C65H44N6OPt-2. The summed E-state index contributed by atoms with van der Waals surface area (Å²) in [5, 5.41) is 13.4. The first-order valence-electron chi connectivity index (χ1n) is 28.4. The van der Waals surface area contributed by atoms with Crippen LogP contribution in [-0.4, -0.2) is 23.3 Å². The zero-order valence-corrected chi connectivity index (χ0v) is 41.6. The molecule has 7 nitrogen and oxygen atoms in total. The number of benzene rings is 9. The number of nitrogens with zero attached hydrogens (tertiary/aromatic N) is 6. The molecule has 0 aliphatic rings. The van der Waals surface area contributed by atoms with Crippen LogP contribution in [0.4, 0.5) is 0 Å². The monoisotopic (exact) mass is 1130 g/mol. The van der Waals surface area contributed by atoms with Crippen molar-refractivity contribution in [3.63, 3.8) is 0 Å². The molecule has 0 bridgehead atoms. The Morgan fingerprint density at radius 1 is 0.562 bits per heavy atom. The fourth-order valence-corrected chi connectivity index (χ4v) is 11.0. The van der Waals surface area contributed by atoms with Gasteiger partial charge in [0.2, 0.25) is 0 Å². The van der Waals surface area contributed by atoms with Gasteiger partial charge in [-0.05, 0) is 23.1 Å². The Morgan fingerprint density at radius 2 is 1.16 bits per heavy atom. The minimum atomic E-state index is -0.594. The van der Waals surface area contributed by atoms with E-state index in [2.05, 4.69) is 64.4 Å². The number of aromatic nitrogens is 5. The predicted octanol–water partition coefficient (Wildman–Crippen LogP) is 16.0. The molecule has 0 saturated carbocycles. The van der Waals surface area contributed by atoms with Crippen LogP contribution in [0.25, 0.3) is 99.8 Å². The van der Waals surface area contributed by atoms with E-state index in [1.54, 1.807) is 30.5 Å². The van der Waals surface area contributed by atoms with Crippen LogP contribution in [0.1, 0.15) is 45.6 Å². The van der Waals surface area contributed by atoms with E-state index >= 15 is 0 Å². The van der Waals surface area contributed by atoms with Crippen molar-refractivity contribution >= 4 is 54.6 Å². The number of ether oxygens (including phenoxy) is 1. The van der Waals surface area contributed by atoms with Gasteiger partial charge in [0.1, 0.15) is 0 Å². The molecule has 0 fully saturated rings. The summed E-state index contributed by atoms with van der Waals surface area (Å²) in [5.74, 6) is 1.38. The zero-order chi connectivity index (χ0) is 58.1. The normalized spacial score (nSPS) is 13.8. The molecule has 8 heteroatoms. The summed E-state index contributed by atoms with van der Waals surface area (Å²) in [6.07, 6.45) is 1.79. The van der Waals surface area contributed by atoms with E-state index in [0.29, 0.717) is 54.6 Å². The van der Waals surface area contributed by atoms with E-state index in [0.717, 1.165) is 43.7 Å². The van der Waals surface area contributed by atoms with Crippen LogP contribution in [0.3, 0.4) is 0 Å². The van der Waals surface area contributed by atoms with Crippen molar-refractivity contribution in [1.29, 1.82) is 5.26 Å². The van der Waals surface area contributed by atoms with E-state index in [4.69, 9.17) is 17.9 Å². The number of imidazole rings is 1. The number of rotatable bonds is 8. The molecule has 0 aliphatic carbocycles. The summed E-state index contributed by atoms with van der Waals surface area (Å²) < 4.78 is 106. The van der Waals surface area contributed by atoms with Gasteiger partial charge in [-0.3, -0.25) is 0 Å². The van der Waals surface area contributed by atoms with Crippen molar-refractivity contribution in [2.45, 2.75) is 26.2 Å². The van der Waals surface area contributed by atoms with E-state index < -0.39 is 60.4 Å². The summed E-state index contributed by atoms with van der Waals surface area (Å²) in [6, 6.07) is 49.1. The molecule has 4 aromatic heterocycles. The molecule has 0 spiro atoms. The molecule has 13 aromatic rings. The molecule has 73 heavy (non-hydrogen) atoms. The molecule has 0 N–H and O–H groups in total. The van der Waals surface area contributed by atoms with E-state index in [9.17, 15) is 10.7 Å². The van der Waals surface area contributed by atoms with Gasteiger partial charge < -0.3 is 0 Å². The predicted molar refractivity (Wildman–Crippen MR) is 291 cm³/mol. The Balaban J connectivity index is 1.06. The van der Waals surface area contributed by atoms with Crippen molar-refractivity contribution < 1.29 is 37.8 Å². The Morgan fingerprint density at radius 3 is 1.81 bits per heavy atom. The quantitative estimate of drug-likeness (QED) is 0.142. The van der Waals surface area contributed by atoms with Crippen molar-refractivity contribution in [1.82, 2.24) is 23.3 Å². The van der Waals surface area contributed by atoms with Gasteiger partial charge in [-0.25, -0.2) is 0 Å². The third kappa shape index (κ3) is 7.45. The van der Waals surface area contributed by atoms with Crippen molar-refractivity contribution in [3.05, 3.63) is 239 Å².